The highest BCUT2D eigenvalue weighted by atomic mass is 16.4. The normalized spacial score (nSPS) is 14.7. The lowest BCUT2D eigenvalue weighted by Crippen LogP contribution is -2.58. The van der Waals surface area contributed by atoms with Crippen LogP contribution in [0.1, 0.15) is 53.5 Å². The third-order valence-corrected chi connectivity index (χ3v) is 4.40. The van der Waals surface area contributed by atoms with Crippen LogP contribution >= 0.6 is 0 Å². The summed E-state index contributed by atoms with van der Waals surface area (Å²) in [4.78, 5) is 13.3. The van der Waals surface area contributed by atoms with Gasteiger partial charge in [0.15, 0.2) is 0 Å². The maximum Gasteiger partial charge on any atom is 0.408 e. The molecule has 0 fully saturated rings. The van der Waals surface area contributed by atoms with Crippen molar-refractivity contribution in [3.63, 3.8) is 0 Å². The van der Waals surface area contributed by atoms with E-state index in [1.807, 2.05) is 51.1 Å². The first-order valence-corrected chi connectivity index (χ1v) is 9.37. The Morgan fingerprint density at radius 1 is 1.12 bits per heavy atom. The number of hydrogen-bond acceptors (Lipinski definition) is 3. The Hall–Kier alpha value is -1.59. The molecule has 0 aliphatic rings. The lowest BCUT2D eigenvalue weighted by atomic mass is 9.92. The summed E-state index contributed by atoms with van der Waals surface area (Å²) in [5.74, 6) is 0. The van der Waals surface area contributed by atoms with Crippen molar-refractivity contribution in [3.05, 3.63) is 35.9 Å². The van der Waals surface area contributed by atoms with Crippen molar-refractivity contribution in [1.82, 2.24) is 10.2 Å². The molecule has 26 heavy (non-hydrogen) atoms. The highest BCUT2D eigenvalue weighted by Gasteiger charge is 2.37. The van der Waals surface area contributed by atoms with Crippen molar-refractivity contribution < 1.29 is 15.0 Å². The van der Waals surface area contributed by atoms with E-state index >= 15 is 0 Å². The largest absolute Gasteiger partial charge is 0.465 e. The number of carbonyl (C=O) groups is 1. The second-order valence-electron chi connectivity index (χ2n) is 9.16. The summed E-state index contributed by atoms with van der Waals surface area (Å²) in [6, 6.07) is 9.22. The monoisotopic (exact) mass is 364 g/mol. The highest BCUT2D eigenvalue weighted by molar-refractivity contribution is 5.66. The first-order valence-electron chi connectivity index (χ1n) is 9.37. The van der Waals surface area contributed by atoms with Gasteiger partial charge in [-0.05, 0) is 51.1 Å². The number of benzene rings is 1. The molecule has 0 heterocycles. The Bertz CT molecular complexity index is 547. The molecule has 5 heteroatoms. The van der Waals surface area contributed by atoms with Crippen molar-refractivity contribution in [1.29, 1.82) is 0 Å². The van der Waals surface area contributed by atoms with Crippen LogP contribution in [-0.2, 0) is 6.42 Å². The van der Waals surface area contributed by atoms with E-state index in [1.54, 1.807) is 0 Å². The smallest absolute Gasteiger partial charge is 0.408 e. The number of carboxylic acid groups (broad SMARTS) is 1. The van der Waals surface area contributed by atoms with E-state index < -0.39 is 23.8 Å². The Balaban J connectivity index is 2.90. The molecule has 0 aromatic heterocycles. The van der Waals surface area contributed by atoms with Crippen LogP contribution in [0.4, 0.5) is 4.79 Å². The molecule has 0 unspecified atom stereocenters. The minimum atomic E-state index is -1.01. The Morgan fingerprint density at radius 2 is 1.69 bits per heavy atom. The molecule has 1 rings (SSSR count). The van der Waals surface area contributed by atoms with Gasteiger partial charge in [0.2, 0.25) is 0 Å². The summed E-state index contributed by atoms with van der Waals surface area (Å²) in [5.41, 5.74) is 0.638. The molecule has 1 aromatic rings. The van der Waals surface area contributed by atoms with Crippen molar-refractivity contribution in [2.75, 3.05) is 13.1 Å². The van der Waals surface area contributed by atoms with E-state index in [-0.39, 0.29) is 5.41 Å². The van der Waals surface area contributed by atoms with E-state index in [4.69, 9.17) is 0 Å². The number of aliphatic hydroxyl groups excluding tert-OH is 1. The lowest BCUT2D eigenvalue weighted by molar-refractivity contribution is 0.00772. The summed E-state index contributed by atoms with van der Waals surface area (Å²) >= 11 is 0. The Morgan fingerprint density at radius 3 is 2.15 bits per heavy atom. The van der Waals surface area contributed by atoms with Gasteiger partial charge in [0, 0.05) is 12.1 Å². The Kier molecular flexibility index (Phi) is 8.10. The van der Waals surface area contributed by atoms with Gasteiger partial charge in [0.25, 0.3) is 0 Å². The van der Waals surface area contributed by atoms with Gasteiger partial charge in [0.05, 0.1) is 12.1 Å². The fourth-order valence-electron chi connectivity index (χ4n) is 3.03. The van der Waals surface area contributed by atoms with E-state index in [9.17, 15) is 15.0 Å². The molecule has 5 nitrogen and oxygen atoms in total. The molecule has 0 radical (unpaired) electrons. The van der Waals surface area contributed by atoms with Crippen LogP contribution in [0.2, 0.25) is 0 Å². The van der Waals surface area contributed by atoms with Gasteiger partial charge in [0.1, 0.15) is 0 Å². The van der Waals surface area contributed by atoms with Crippen molar-refractivity contribution in [3.8, 4) is 0 Å². The van der Waals surface area contributed by atoms with Crippen LogP contribution in [-0.4, -0.2) is 52.0 Å². The summed E-state index contributed by atoms with van der Waals surface area (Å²) in [6.07, 6.45) is -0.324. The van der Waals surface area contributed by atoms with Crippen LogP contribution in [0, 0.1) is 5.41 Å². The molecule has 0 saturated carbocycles. The summed E-state index contributed by atoms with van der Waals surface area (Å²) in [7, 11) is 0. The molecular formula is C21H36N2O3. The number of nitrogens with zero attached hydrogens (tertiary/aromatic N) is 1. The summed E-state index contributed by atoms with van der Waals surface area (Å²) in [5, 5.41) is 23.9. The maximum atomic E-state index is 11.9. The number of amides is 1. The molecule has 0 saturated heterocycles. The molecule has 0 aliphatic carbocycles. The number of nitrogens with one attached hydrogen (secondary N) is 1. The summed E-state index contributed by atoms with van der Waals surface area (Å²) < 4.78 is 0. The van der Waals surface area contributed by atoms with E-state index in [2.05, 4.69) is 26.1 Å². The van der Waals surface area contributed by atoms with Crippen LogP contribution in [0.15, 0.2) is 30.3 Å². The third kappa shape index (κ3) is 7.75. The quantitative estimate of drug-likeness (QED) is 0.614. The predicted octanol–water partition coefficient (Wildman–Crippen LogP) is 3.76. The number of aliphatic hydroxyl groups is 1. The van der Waals surface area contributed by atoms with Gasteiger partial charge in [-0.15, -0.1) is 0 Å². The zero-order valence-corrected chi connectivity index (χ0v) is 17.1. The minimum absolute atomic E-state index is 0.222. The molecule has 1 amide bonds. The minimum Gasteiger partial charge on any atom is -0.465 e. The van der Waals surface area contributed by atoms with E-state index in [0.29, 0.717) is 13.0 Å². The molecule has 0 aliphatic heterocycles. The van der Waals surface area contributed by atoms with E-state index in [1.165, 1.54) is 4.90 Å². The van der Waals surface area contributed by atoms with E-state index in [0.717, 1.165) is 18.5 Å². The molecule has 2 atom stereocenters. The van der Waals surface area contributed by atoms with Crippen LogP contribution in [0.25, 0.3) is 0 Å². The Labute approximate surface area is 158 Å². The second-order valence-corrected chi connectivity index (χ2v) is 9.16. The number of rotatable bonds is 8. The third-order valence-electron chi connectivity index (χ3n) is 4.40. The van der Waals surface area contributed by atoms with Crippen molar-refractivity contribution >= 4 is 6.09 Å². The average molecular weight is 365 g/mol. The first kappa shape index (κ1) is 22.5. The maximum absolute atomic E-state index is 11.9. The SMILES string of the molecule is CC(C)(C)CCNC[C@H](O)[C@H](Cc1ccccc1)N(C(=O)O)C(C)(C)C. The molecule has 148 valence electrons. The standard InChI is InChI=1S/C21H36N2O3/c1-20(2,3)12-13-22-15-18(24)17(14-16-10-8-7-9-11-16)23(19(25)26)21(4,5)6/h7-11,17-18,22,24H,12-15H2,1-6H3,(H,25,26)/t17-,18-/m0/s1. The van der Waals surface area contributed by atoms with Gasteiger partial charge < -0.3 is 15.5 Å². The van der Waals surface area contributed by atoms with Crippen molar-refractivity contribution in [2.45, 2.75) is 72.1 Å². The molecular weight excluding hydrogens is 328 g/mol. The lowest BCUT2D eigenvalue weighted by Gasteiger charge is -2.42. The number of hydrogen-bond donors (Lipinski definition) is 3. The van der Waals surface area contributed by atoms with Gasteiger partial charge in [-0.1, -0.05) is 51.1 Å². The van der Waals surface area contributed by atoms with Crippen molar-refractivity contribution in [2.24, 2.45) is 5.41 Å². The molecule has 3 N–H and O–H groups in total. The summed E-state index contributed by atoms with van der Waals surface area (Å²) in [6.45, 7) is 13.3. The fourth-order valence-corrected chi connectivity index (χ4v) is 3.03. The second kappa shape index (κ2) is 9.38. The highest BCUT2D eigenvalue weighted by Crippen LogP contribution is 2.23. The zero-order valence-electron chi connectivity index (χ0n) is 17.1. The predicted molar refractivity (Wildman–Crippen MR) is 106 cm³/mol. The van der Waals surface area contributed by atoms with Crippen LogP contribution < -0.4 is 5.32 Å². The van der Waals surface area contributed by atoms with Crippen LogP contribution in [0.3, 0.4) is 0 Å². The van der Waals surface area contributed by atoms with Gasteiger partial charge in [-0.3, -0.25) is 4.90 Å². The van der Waals surface area contributed by atoms with Crippen LogP contribution in [0.5, 0.6) is 0 Å². The van der Waals surface area contributed by atoms with Gasteiger partial charge >= 0.3 is 6.09 Å². The fraction of sp³-hybridized carbons (Fsp3) is 0.667. The zero-order chi connectivity index (χ0) is 20.0. The van der Waals surface area contributed by atoms with Gasteiger partial charge in [-0.2, -0.15) is 0 Å². The average Bonchev–Trinajstić information content (AvgIpc) is 2.49. The molecule has 1 aromatic carbocycles. The molecule has 0 spiro atoms. The topological polar surface area (TPSA) is 72.8 Å². The van der Waals surface area contributed by atoms with Gasteiger partial charge in [-0.25, -0.2) is 4.79 Å². The first-order chi connectivity index (χ1) is 11.9. The molecule has 0 bridgehead atoms.